The largest absolute Gasteiger partial charge is 0.467 e. The Morgan fingerprint density at radius 3 is 1.75 bits per heavy atom. The molecule has 0 saturated heterocycles. The van der Waals surface area contributed by atoms with Crippen LogP contribution in [0.2, 0.25) is 0 Å². The van der Waals surface area contributed by atoms with Gasteiger partial charge in [-0.25, -0.2) is 4.79 Å². The van der Waals surface area contributed by atoms with E-state index in [0.29, 0.717) is 11.3 Å². The molecular weight excluding hydrogens is 458 g/mol. The highest BCUT2D eigenvalue weighted by atomic mass is 16.5. The van der Waals surface area contributed by atoms with E-state index in [2.05, 4.69) is 16.0 Å². The Balaban J connectivity index is 1.78. The van der Waals surface area contributed by atoms with Crippen molar-refractivity contribution in [1.29, 1.82) is 0 Å². The van der Waals surface area contributed by atoms with Crippen LogP contribution in [0, 0.1) is 0 Å². The fourth-order valence-corrected chi connectivity index (χ4v) is 3.67. The minimum atomic E-state index is -0.946. The van der Waals surface area contributed by atoms with Crippen LogP contribution >= 0.6 is 0 Å². The molecule has 0 unspecified atom stereocenters. The minimum absolute atomic E-state index is 0.220. The predicted molar refractivity (Wildman–Crippen MR) is 136 cm³/mol. The smallest absolute Gasteiger partial charge is 0.328 e. The molecule has 3 N–H and O–H groups in total. The van der Waals surface area contributed by atoms with Gasteiger partial charge in [-0.1, -0.05) is 60.7 Å². The number of methoxy groups -OCH3 is 1. The van der Waals surface area contributed by atoms with Crippen LogP contribution in [0.25, 0.3) is 0 Å². The van der Waals surface area contributed by atoms with Gasteiger partial charge in [-0.05, 0) is 35.4 Å². The van der Waals surface area contributed by atoms with E-state index in [1.54, 1.807) is 24.3 Å². The van der Waals surface area contributed by atoms with Gasteiger partial charge >= 0.3 is 5.97 Å². The molecule has 3 aromatic carbocycles. The zero-order valence-electron chi connectivity index (χ0n) is 20.2. The highest BCUT2D eigenvalue weighted by molar-refractivity contribution is 5.99. The summed E-state index contributed by atoms with van der Waals surface area (Å²) < 4.78 is 4.90. The summed E-state index contributed by atoms with van der Waals surface area (Å²) in [5.41, 5.74) is 2.58. The second-order valence-electron chi connectivity index (χ2n) is 8.25. The maximum Gasteiger partial charge on any atom is 0.328 e. The van der Waals surface area contributed by atoms with E-state index in [1.807, 2.05) is 60.7 Å². The molecule has 0 spiro atoms. The summed E-state index contributed by atoms with van der Waals surface area (Å²) in [6.45, 7) is 1.40. The monoisotopic (exact) mass is 487 g/mol. The molecule has 3 aromatic rings. The van der Waals surface area contributed by atoms with Crippen LogP contribution in [0.5, 0.6) is 0 Å². The van der Waals surface area contributed by atoms with Crippen molar-refractivity contribution in [3.63, 3.8) is 0 Å². The van der Waals surface area contributed by atoms with Crippen molar-refractivity contribution in [2.75, 3.05) is 12.4 Å². The summed E-state index contributed by atoms with van der Waals surface area (Å²) in [4.78, 5) is 50.0. The first kappa shape index (κ1) is 26.2. The Morgan fingerprint density at radius 1 is 0.722 bits per heavy atom. The molecule has 0 aliphatic heterocycles. The molecule has 8 nitrogen and oxygen atoms in total. The second-order valence-corrected chi connectivity index (χ2v) is 8.25. The topological polar surface area (TPSA) is 114 Å². The van der Waals surface area contributed by atoms with Crippen molar-refractivity contribution < 1.29 is 23.9 Å². The lowest BCUT2D eigenvalue weighted by Gasteiger charge is -2.23. The SMILES string of the molecule is COC(=O)[C@H](Cc1ccccc1)NC(=O)[C@H](Cc1ccccc1)NC(=O)c1ccc(NC(C)=O)cc1. The summed E-state index contributed by atoms with van der Waals surface area (Å²) in [5, 5.41) is 8.17. The van der Waals surface area contributed by atoms with E-state index in [1.165, 1.54) is 14.0 Å². The van der Waals surface area contributed by atoms with E-state index >= 15 is 0 Å². The zero-order valence-corrected chi connectivity index (χ0v) is 20.2. The summed E-state index contributed by atoms with van der Waals surface area (Å²) in [7, 11) is 1.26. The molecule has 186 valence electrons. The number of amides is 3. The number of anilines is 1. The molecule has 0 aromatic heterocycles. The molecule has 0 aliphatic carbocycles. The highest BCUT2D eigenvalue weighted by Crippen LogP contribution is 2.12. The van der Waals surface area contributed by atoms with Crippen molar-refractivity contribution in [2.45, 2.75) is 31.8 Å². The van der Waals surface area contributed by atoms with Crippen molar-refractivity contribution >= 4 is 29.4 Å². The minimum Gasteiger partial charge on any atom is -0.467 e. The first-order valence-electron chi connectivity index (χ1n) is 11.5. The predicted octanol–water partition coefficient (Wildman–Crippen LogP) is 2.89. The lowest BCUT2D eigenvalue weighted by molar-refractivity contribution is -0.145. The number of ether oxygens (including phenoxy) is 1. The Kier molecular flexibility index (Phi) is 9.33. The Labute approximate surface area is 210 Å². The molecular formula is C28H29N3O5. The van der Waals surface area contributed by atoms with E-state index in [4.69, 9.17) is 4.74 Å². The third kappa shape index (κ3) is 7.80. The Morgan fingerprint density at radius 2 is 1.25 bits per heavy atom. The standard InChI is InChI=1S/C28H29N3O5/c1-19(32)29-23-15-13-22(14-16-23)26(33)30-24(17-20-9-5-3-6-10-20)27(34)31-25(28(35)36-2)18-21-11-7-4-8-12-21/h3-16,24-25H,17-18H2,1-2H3,(H,29,32)(H,30,33)(H,31,34)/t24-,25-/m0/s1. The van der Waals surface area contributed by atoms with Gasteiger partial charge in [-0.15, -0.1) is 0 Å². The van der Waals surface area contributed by atoms with E-state index in [9.17, 15) is 19.2 Å². The molecule has 0 fully saturated rings. The molecule has 8 heteroatoms. The molecule has 0 aliphatic rings. The number of rotatable bonds is 10. The first-order valence-corrected chi connectivity index (χ1v) is 11.5. The Hall–Kier alpha value is -4.46. The molecule has 3 rings (SSSR count). The van der Waals surface area contributed by atoms with Crippen molar-refractivity contribution in [3.05, 3.63) is 102 Å². The summed E-state index contributed by atoms with van der Waals surface area (Å²) in [5.74, 6) is -1.76. The van der Waals surface area contributed by atoms with Gasteiger partial charge in [0, 0.05) is 31.0 Å². The van der Waals surface area contributed by atoms with E-state index in [-0.39, 0.29) is 18.7 Å². The van der Waals surface area contributed by atoms with Gasteiger partial charge in [-0.2, -0.15) is 0 Å². The normalized spacial score (nSPS) is 12.1. The summed E-state index contributed by atoms with van der Waals surface area (Å²) in [6, 6.07) is 23.0. The van der Waals surface area contributed by atoms with Gasteiger partial charge in [0.25, 0.3) is 5.91 Å². The van der Waals surface area contributed by atoms with Crippen LogP contribution < -0.4 is 16.0 Å². The number of nitrogens with one attached hydrogen (secondary N) is 3. The number of benzene rings is 3. The fourth-order valence-electron chi connectivity index (χ4n) is 3.67. The van der Waals surface area contributed by atoms with Crippen LogP contribution in [0.4, 0.5) is 5.69 Å². The molecule has 2 atom stereocenters. The van der Waals surface area contributed by atoms with Gasteiger partial charge < -0.3 is 20.7 Å². The number of hydrogen-bond donors (Lipinski definition) is 3. The fraction of sp³-hybridized carbons (Fsp3) is 0.214. The first-order chi connectivity index (χ1) is 17.4. The second kappa shape index (κ2) is 12.9. The van der Waals surface area contributed by atoms with Crippen LogP contribution in [0.1, 0.15) is 28.4 Å². The van der Waals surface area contributed by atoms with E-state index in [0.717, 1.165) is 11.1 Å². The van der Waals surface area contributed by atoms with Gasteiger partial charge in [0.05, 0.1) is 7.11 Å². The average Bonchev–Trinajstić information content (AvgIpc) is 2.88. The summed E-state index contributed by atoms with van der Waals surface area (Å²) >= 11 is 0. The number of carbonyl (C=O) groups is 4. The molecule has 3 amide bonds. The highest BCUT2D eigenvalue weighted by Gasteiger charge is 2.28. The van der Waals surface area contributed by atoms with Crippen molar-refractivity contribution in [3.8, 4) is 0 Å². The molecule has 36 heavy (non-hydrogen) atoms. The van der Waals surface area contributed by atoms with Gasteiger partial charge in [-0.3, -0.25) is 14.4 Å². The maximum atomic E-state index is 13.3. The van der Waals surface area contributed by atoms with Gasteiger partial charge in [0.15, 0.2) is 0 Å². The molecule has 0 heterocycles. The summed E-state index contributed by atoms with van der Waals surface area (Å²) in [6.07, 6.45) is 0.470. The number of carbonyl (C=O) groups excluding carboxylic acids is 4. The number of esters is 1. The van der Waals surface area contributed by atoms with Crippen molar-refractivity contribution in [1.82, 2.24) is 10.6 Å². The van der Waals surface area contributed by atoms with E-state index < -0.39 is 29.9 Å². The third-order valence-corrected chi connectivity index (χ3v) is 5.46. The quantitative estimate of drug-likeness (QED) is 0.381. The van der Waals surface area contributed by atoms with Crippen molar-refractivity contribution in [2.24, 2.45) is 0 Å². The average molecular weight is 488 g/mol. The van der Waals surface area contributed by atoms with Crippen LogP contribution in [0.3, 0.4) is 0 Å². The zero-order chi connectivity index (χ0) is 25.9. The van der Waals surface area contributed by atoms with Crippen LogP contribution in [-0.2, 0) is 32.0 Å². The van der Waals surface area contributed by atoms with Gasteiger partial charge in [0.1, 0.15) is 12.1 Å². The third-order valence-electron chi connectivity index (χ3n) is 5.46. The van der Waals surface area contributed by atoms with Crippen LogP contribution in [0.15, 0.2) is 84.9 Å². The lowest BCUT2D eigenvalue weighted by Crippen LogP contribution is -2.53. The van der Waals surface area contributed by atoms with Crippen LogP contribution in [-0.4, -0.2) is 42.9 Å². The molecule has 0 saturated carbocycles. The lowest BCUT2D eigenvalue weighted by atomic mass is 10.0. The Bertz CT molecular complexity index is 1180. The van der Waals surface area contributed by atoms with Gasteiger partial charge in [0.2, 0.25) is 11.8 Å². The molecule has 0 radical (unpaired) electrons. The maximum absolute atomic E-state index is 13.3. The number of hydrogen-bond acceptors (Lipinski definition) is 5. The molecule has 0 bridgehead atoms.